The lowest BCUT2D eigenvalue weighted by Gasteiger charge is -2.22. The number of nitrogens with zero attached hydrogens (tertiary/aromatic N) is 4. The Bertz CT molecular complexity index is 915. The summed E-state index contributed by atoms with van der Waals surface area (Å²) in [7, 11) is 0. The minimum atomic E-state index is -0.0873. The van der Waals surface area contributed by atoms with Crippen LogP contribution in [0.4, 0.5) is 0 Å². The molecule has 0 bridgehead atoms. The molecule has 0 saturated carbocycles. The van der Waals surface area contributed by atoms with E-state index in [0.717, 1.165) is 21.3 Å². The molecule has 0 N–H and O–H groups in total. The largest absolute Gasteiger partial charge is 0.320 e. The van der Waals surface area contributed by atoms with E-state index in [9.17, 15) is 4.79 Å². The Labute approximate surface area is 164 Å². The molecule has 0 unspecified atom stereocenters. The highest BCUT2D eigenvalue weighted by Crippen LogP contribution is 2.38. The Morgan fingerprint density at radius 3 is 2.65 bits per heavy atom. The first kappa shape index (κ1) is 17.3. The summed E-state index contributed by atoms with van der Waals surface area (Å²) in [6.45, 7) is 1.23. The van der Waals surface area contributed by atoms with Crippen LogP contribution in [0, 0.1) is 0 Å². The standard InChI is InChI=1S/C19H17BrN4OS/c20-16-9-5-4-8-15(16)11-23-12-17(21-22-23)19-24(18(25)13-26-19)10-14-6-2-1-3-7-14/h1-9,12,19H,10-11,13H2/t19-/m0/s1. The van der Waals surface area contributed by atoms with Crippen molar-refractivity contribution in [2.75, 3.05) is 5.75 Å². The zero-order valence-corrected chi connectivity index (χ0v) is 16.4. The third kappa shape index (κ3) is 3.68. The van der Waals surface area contributed by atoms with Crippen LogP contribution < -0.4 is 0 Å². The third-order valence-corrected chi connectivity index (χ3v) is 6.26. The first-order valence-corrected chi connectivity index (χ1v) is 10.1. The summed E-state index contributed by atoms with van der Waals surface area (Å²) in [6.07, 6.45) is 1.94. The Hall–Kier alpha value is -2.12. The second-order valence-electron chi connectivity index (χ2n) is 6.10. The van der Waals surface area contributed by atoms with Crippen LogP contribution in [0.15, 0.2) is 65.3 Å². The lowest BCUT2D eigenvalue weighted by molar-refractivity contribution is -0.128. The number of carbonyl (C=O) groups is 1. The maximum atomic E-state index is 12.3. The van der Waals surface area contributed by atoms with Crippen molar-refractivity contribution in [3.63, 3.8) is 0 Å². The SMILES string of the molecule is O=C1CS[C@@H](c2cn(Cc3ccccc3Br)nn2)N1Cc1ccccc1. The van der Waals surface area contributed by atoms with Crippen molar-refractivity contribution in [2.45, 2.75) is 18.5 Å². The zero-order valence-electron chi connectivity index (χ0n) is 14.0. The van der Waals surface area contributed by atoms with Gasteiger partial charge in [-0.05, 0) is 17.2 Å². The molecular weight excluding hydrogens is 412 g/mol. The number of thioether (sulfide) groups is 1. The maximum Gasteiger partial charge on any atom is 0.234 e. The van der Waals surface area contributed by atoms with Crippen LogP contribution in [-0.2, 0) is 17.9 Å². The van der Waals surface area contributed by atoms with Gasteiger partial charge in [0.05, 0.1) is 18.5 Å². The molecule has 1 fully saturated rings. The van der Waals surface area contributed by atoms with E-state index in [1.165, 1.54) is 0 Å². The summed E-state index contributed by atoms with van der Waals surface area (Å²) in [6, 6.07) is 18.1. The monoisotopic (exact) mass is 428 g/mol. The fourth-order valence-corrected chi connectivity index (χ4v) is 4.48. The Balaban J connectivity index is 1.52. The van der Waals surface area contributed by atoms with E-state index >= 15 is 0 Å². The van der Waals surface area contributed by atoms with Crippen LogP contribution in [0.1, 0.15) is 22.2 Å². The van der Waals surface area contributed by atoms with Gasteiger partial charge in [0.25, 0.3) is 0 Å². The number of hydrogen-bond acceptors (Lipinski definition) is 4. The predicted octanol–water partition coefficient (Wildman–Crippen LogP) is 3.86. The van der Waals surface area contributed by atoms with Gasteiger partial charge in [0, 0.05) is 11.0 Å². The smallest absolute Gasteiger partial charge is 0.234 e. The lowest BCUT2D eigenvalue weighted by Crippen LogP contribution is -2.27. The van der Waals surface area contributed by atoms with E-state index in [1.54, 1.807) is 11.8 Å². The number of carbonyl (C=O) groups excluding carboxylic acids is 1. The normalized spacial score (nSPS) is 17.0. The van der Waals surface area contributed by atoms with Gasteiger partial charge in [0.1, 0.15) is 11.1 Å². The molecule has 1 aliphatic rings. The average Bonchev–Trinajstić information content (AvgIpc) is 3.25. The summed E-state index contributed by atoms with van der Waals surface area (Å²) < 4.78 is 2.87. The maximum absolute atomic E-state index is 12.3. The highest BCUT2D eigenvalue weighted by atomic mass is 79.9. The number of benzene rings is 2. The molecule has 1 amide bonds. The number of amides is 1. The molecule has 3 aromatic rings. The van der Waals surface area contributed by atoms with Crippen molar-refractivity contribution in [3.05, 3.63) is 82.1 Å². The van der Waals surface area contributed by atoms with Crippen molar-refractivity contribution in [1.29, 1.82) is 0 Å². The van der Waals surface area contributed by atoms with Crippen LogP contribution in [0.2, 0.25) is 0 Å². The van der Waals surface area contributed by atoms with E-state index in [1.807, 2.05) is 64.3 Å². The van der Waals surface area contributed by atoms with Gasteiger partial charge in [0.2, 0.25) is 5.91 Å². The molecule has 1 aromatic heterocycles. The van der Waals surface area contributed by atoms with E-state index < -0.39 is 0 Å². The second-order valence-corrected chi connectivity index (χ2v) is 8.03. The van der Waals surface area contributed by atoms with Crippen LogP contribution in [-0.4, -0.2) is 31.6 Å². The second kappa shape index (κ2) is 7.63. The molecule has 0 radical (unpaired) electrons. The first-order valence-electron chi connectivity index (χ1n) is 8.29. The summed E-state index contributed by atoms with van der Waals surface area (Å²) in [5.74, 6) is 0.624. The van der Waals surface area contributed by atoms with Gasteiger partial charge in [0.15, 0.2) is 0 Å². The van der Waals surface area contributed by atoms with Gasteiger partial charge in [-0.1, -0.05) is 69.7 Å². The predicted molar refractivity (Wildman–Crippen MR) is 105 cm³/mol. The quantitative estimate of drug-likeness (QED) is 0.618. The van der Waals surface area contributed by atoms with Gasteiger partial charge in [-0.2, -0.15) is 0 Å². The molecule has 5 nitrogen and oxygen atoms in total. The number of aromatic nitrogens is 3. The molecule has 1 saturated heterocycles. The van der Waals surface area contributed by atoms with Crippen LogP contribution in [0.5, 0.6) is 0 Å². The molecular formula is C19H17BrN4OS. The fraction of sp³-hybridized carbons (Fsp3) is 0.211. The van der Waals surface area contributed by atoms with Crippen molar-refractivity contribution >= 4 is 33.6 Å². The van der Waals surface area contributed by atoms with Gasteiger partial charge < -0.3 is 4.90 Å². The molecule has 2 heterocycles. The van der Waals surface area contributed by atoms with E-state index in [4.69, 9.17) is 0 Å². The van der Waals surface area contributed by atoms with Crippen molar-refractivity contribution < 1.29 is 4.79 Å². The number of halogens is 1. The summed E-state index contributed by atoms with van der Waals surface area (Å²) in [5.41, 5.74) is 3.08. The van der Waals surface area contributed by atoms with Crippen molar-refractivity contribution in [2.24, 2.45) is 0 Å². The summed E-state index contributed by atoms with van der Waals surface area (Å²) in [4.78, 5) is 14.2. The zero-order chi connectivity index (χ0) is 17.9. The van der Waals surface area contributed by atoms with Gasteiger partial charge in [-0.15, -0.1) is 16.9 Å². The fourth-order valence-electron chi connectivity index (χ4n) is 2.96. The molecule has 132 valence electrons. The molecule has 1 aliphatic heterocycles. The first-order chi connectivity index (χ1) is 12.7. The molecule has 0 aliphatic carbocycles. The van der Waals surface area contributed by atoms with Gasteiger partial charge in [-0.3, -0.25) is 4.79 Å². The van der Waals surface area contributed by atoms with Crippen LogP contribution in [0.3, 0.4) is 0 Å². The van der Waals surface area contributed by atoms with E-state index in [2.05, 4.69) is 32.3 Å². The molecule has 0 spiro atoms. The van der Waals surface area contributed by atoms with Gasteiger partial charge in [-0.25, -0.2) is 4.68 Å². The summed E-state index contributed by atoms with van der Waals surface area (Å²) in [5, 5.41) is 8.50. The highest BCUT2D eigenvalue weighted by Gasteiger charge is 2.34. The minimum absolute atomic E-state index is 0.0873. The van der Waals surface area contributed by atoms with Crippen LogP contribution in [0.25, 0.3) is 0 Å². The average molecular weight is 429 g/mol. The van der Waals surface area contributed by atoms with Gasteiger partial charge >= 0.3 is 0 Å². The van der Waals surface area contributed by atoms with Crippen LogP contribution >= 0.6 is 27.7 Å². The molecule has 7 heteroatoms. The Kier molecular flexibility index (Phi) is 5.08. The number of rotatable bonds is 5. The topological polar surface area (TPSA) is 51.0 Å². The Morgan fingerprint density at radius 2 is 1.85 bits per heavy atom. The molecule has 26 heavy (non-hydrogen) atoms. The Morgan fingerprint density at radius 1 is 1.08 bits per heavy atom. The molecule has 2 aromatic carbocycles. The lowest BCUT2D eigenvalue weighted by atomic mass is 10.2. The number of hydrogen-bond donors (Lipinski definition) is 0. The van der Waals surface area contributed by atoms with E-state index in [0.29, 0.717) is 18.8 Å². The van der Waals surface area contributed by atoms with Crippen molar-refractivity contribution in [3.8, 4) is 0 Å². The van der Waals surface area contributed by atoms with E-state index in [-0.39, 0.29) is 11.3 Å². The van der Waals surface area contributed by atoms with Crippen molar-refractivity contribution in [1.82, 2.24) is 19.9 Å². The molecule has 1 atom stereocenters. The highest BCUT2D eigenvalue weighted by molar-refractivity contribution is 9.10. The molecule has 4 rings (SSSR count). The minimum Gasteiger partial charge on any atom is -0.320 e. The summed E-state index contributed by atoms with van der Waals surface area (Å²) >= 11 is 5.17. The third-order valence-electron chi connectivity index (χ3n) is 4.26.